The minimum Gasteiger partial charge on any atom is -0.338 e. The molecule has 0 fully saturated rings. The van der Waals surface area contributed by atoms with Gasteiger partial charge in [0.15, 0.2) is 0 Å². The van der Waals surface area contributed by atoms with Gasteiger partial charge in [0.25, 0.3) is 0 Å². The van der Waals surface area contributed by atoms with Crippen molar-refractivity contribution in [3.8, 4) is 0 Å². The Morgan fingerprint density at radius 3 is 3.06 bits per heavy atom. The molecule has 1 N–H and O–H groups in total. The summed E-state index contributed by atoms with van der Waals surface area (Å²) in [5.41, 5.74) is 4.04. The Morgan fingerprint density at radius 2 is 2.25 bits per heavy atom. The maximum Gasteiger partial charge on any atom is 0.0633 e. The molecule has 3 heteroatoms. The van der Waals surface area contributed by atoms with Crippen molar-refractivity contribution in [3.63, 3.8) is 0 Å². The highest BCUT2D eigenvalue weighted by atomic mass is 79.9. The maximum atomic E-state index is 3.73. The van der Waals surface area contributed by atoms with Crippen molar-refractivity contribution >= 4 is 26.8 Å². The number of hydrogen-bond acceptors (Lipinski definition) is 1. The van der Waals surface area contributed by atoms with E-state index in [1.807, 2.05) is 0 Å². The van der Waals surface area contributed by atoms with Crippen LogP contribution < -0.4 is 5.32 Å². The molecule has 0 bridgehead atoms. The third-order valence-corrected chi connectivity index (χ3v) is 4.40. The minimum atomic E-state index is 0.527. The van der Waals surface area contributed by atoms with Crippen LogP contribution in [0.1, 0.15) is 24.2 Å². The topological polar surface area (TPSA) is 17.0 Å². The van der Waals surface area contributed by atoms with Crippen molar-refractivity contribution < 1.29 is 0 Å². The predicted molar refractivity (Wildman–Crippen MR) is 70.8 cm³/mol. The summed E-state index contributed by atoms with van der Waals surface area (Å²) in [6.45, 7) is 6.45. The molecular formula is C13H15BrN2. The summed E-state index contributed by atoms with van der Waals surface area (Å²) in [4.78, 5) is 0. The van der Waals surface area contributed by atoms with Crippen LogP contribution in [0.4, 0.5) is 0 Å². The number of rotatable bonds is 0. The van der Waals surface area contributed by atoms with Gasteiger partial charge < -0.3 is 9.88 Å². The van der Waals surface area contributed by atoms with E-state index in [0.29, 0.717) is 6.04 Å². The van der Waals surface area contributed by atoms with E-state index in [9.17, 15) is 0 Å². The van der Waals surface area contributed by atoms with Crippen LogP contribution in [-0.4, -0.2) is 11.1 Å². The monoisotopic (exact) mass is 278 g/mol. The minimum absolute atomic E-state index is 0.527. The molecule has 3 rings (SSSR count). The summed E-state index contributed by atoms with van der Waals surface area (Å²) in [6, 6.07) is 7.21. The molecule has 1 atom stereocenters. The van der Waals surface area contributed by atoms with Gasteiger partial charge in [0, 0.05) is 34.7 Å². The number of hydrogen-bond donors (Lipinski definition) is 1. The van der Waals surface area contributed by atoms with E-state index in [2.05, 4.69) is 57.9 Å². The summed E-state index contributed by atoms with van der Waals surface area (Å²) >= 11 is 3.73. The molecule has 0 saturated heterocycles. The molecule has 0 radical (unpaired) electrons. The van der Waals surface area contributed by atoms with Crippen molar-refractivity contribution in [1.29, 1.82) is 0 Å². The first-order valence-corrected chi connectivity index (χ1v) is 6.47. The highest BCUT2D eigenvalue weighted by molar-refractivity contribution is 9.10. The van der Waals surface area contributed by atoms with Gasteiger partial charge in [0.1, 0.15) is 0 Å². The molecule has 16 heavy (non-hydrogen) atoms. The Hall–Kier alpha value is -0.800. The van der Waals surface area contributed by atoms with Crippen LogP contribution in [0.2, 0.25) is 0 Å². The molecule has 0 spiro atoms. The van der Waals surface area contributed by atoms with E-state index < -0.39 is 0 Å². The number of aryl methyl sites for hydroxylation is 1. The van der Waals surface area contributed by atoms with E-state index in [1.165, 1.54) is 26.6 Å². The third-order valence-electron chi connectivity index (χ3n) is 3.40. The zero-order valence-corrected chi connectivity index (χ0v) is 11.1. The number of aromatic nitrogens is 1. The fourth-order valence-corrected chi connectivity index (χ4v) is 3.13. The quantitative estimate of drug-likeness (QED) is 0.782. The Morgan fingerprint density at radius 1 is 1.44 bits per heavy atom. The lowest BCUT2D eigenvalue weighted by molar-refractivity contribution is 0.439. The maximum absolute atomic E-state index is 3.73. The van der Waals surface area contributed by atoms with Crippen LogP contribution in [0.5, 0.6) is 0 Å². The van der Waals surface area contributed by atoms with E-state index in [4.69, 9.17) is 0 Å². The molecule has 0 amide bonds. The van der Waals surface area contributed by atoms with Crippen molar-refractivity contribution in [3.05, 3.63) is 33.9 Å². The fourth-order valence-electron chi connectivity index (χ4n) is 2.57. The summed E-state index contributed by atoms with van der Waals surface area (Å²) in [7, 11) is 0. The second kappa shape index (κ2) is 3.60. The third kappa shape index (κ3) is 1.35. The van der Waals surface area contributed by atoms with Crippen molar-refractivity contribution in [2.45, 2.75) is 26.4 Å². The summed E-state index contributed by atoms with van der Waals surface area (Å²) < 4.78 is 3.70. The average Bonchev–Trinajstić information content (AvgIpc) is 2.64. The number of halogens is 1. The zero-order valence-electron chi connectivity index (χ0n) is 9.55. The summed E-state index contributed by atoms with van der Waals surface area (Å²) in [5, 5.41) is 4.79. The molecule has 0 saturated carbocycles. The molecular weight excluding hydrogens is 264 g/mol. The van der Waals surface area contributed by atoms with Crippen LogP contribution in [0.3, 0.4) is 0 Å². The van der Waals surface area contributed by atoms with Gasteiger partial charge in [-0.25, -0.2) is 0 Å². The van der Waals surface area contributed by atoms with Crippen LogP contribution in [0.25, 0.3) is 10.9 Å². The highest BCUT2D eigenvalue weighted by Crippen LogP contribution is 2.33. The second-order valence-electron chi connectivity index (χ2n) is 4.62. The van der Waals surface area contributed by atoms with Crippen LogP contribution in [0.15, 0.2) is 22.7 Å². The Labute approximate surface area is 104 Å². The second-order valence-corrected chi connectivity index (χ2v) is 5.41. The number of benzene rings is 1. The molecule has 84 valence electrons. The average molecular weight is 279 g/mol. The molecule has 0 aliphatic carbocycles. The molecule has 2 heterocycles. The molecule has 1 aliphatic rings. The van der Waals surface area contributed by atoms with Gasteiger partial charge in [-0.1, -0.05) is 12.1 Å². The van der Waals surface area contributed by atoms with Gasteiger partial charge in [-0.3, -0.25) is 0 Å². The van der Waals surface area contributed by atoms with Gasteiger partial charge in [0.2, 0.25) is 0 Å². The Kier molecular flexibility index (Phi) is 2.33. The van der Waals surface area contributed by atoms with Gasteiger partial charge in [-0.2, -0.15) is 0 Å². The Balaban J connectivity index is 2.40. The number of fused-ring (bicyclic) bond motifs is 3. The van der Waals surface area contributed by atoms with Crippen molar-refractivity contribution in [2.75, 3.05) is 6.54 Å². The first-order chi connectivity index (χ1) is 7.68. The van der Waals surface area contributed by atoms with Gasteiger partial charge in [0.05, 0.1) is 5.52 Å². The first-order valence-electron chi connectivity index (χ1n) is 5.68. The molecule has 2 nitrogen and oxygen atoms in total. The molecule has 1 aromatic heterocycles. The lowest BCUT2D eigenvalue weighted by Crippen LogP contribution is -2.30. The highest BCUT2D eigenvalue weighted by Gasteiger charge is 2.20. The molecule has 1 aliphatic heterocycles. The summed E-state index contributed by atoms with van der Waals surface area (Å²) in [5.74, 6) is 0. The van der Waals surface area contributed by atoms with E-state index in [0.717, 1.165) is 13.1 Å². The fraction of sp³-hybridized carbons (Fsp3) is 0.385. The van der Waals surface area contributed by atoms with Gasteiger partial charge in [-0.05, 0) is 41.4 Å². The number of nitrogens with zero attached hydrogens (tertiary/aromatic N) is 1. The largest absolute Gasteiger partial charge is 0.338 e. The normalized spacial score (nSPS) is 20.1. The first kappa shape index (κ1) is 10.4. The van der Waals surface area contributed by atoms with Crippen LogP contribution in [-0.2, 0) is 6.54 Å². The molecule has 1 aromatic carbocycles. The Bertz CT molecular complexity index is 557. The lowest BCUT2D eigenvalue weighted by Gasteiger charge is -2.25. The summed E-state index contributed by atoms with van der Waals surface area (Å²) in [6.07, 6.45) is 0. The van der Waals surface area contributed by atoms with Crippen molar-refractivity contribution in [2.24, 2.45) is 0 Å². The molecule has 2 aromatic rings. The van der Waals surface area contributed by atoms with Crippen LogP contribution in [0, 0.1) is 6.92 Å². The van der Waals surface area contributed by atoms with Gasteiger partial charge in [-0.15, -0.1) is 0 Å². The van der Waals surface area contributed by atoms with Gasteiger partial charge >= 0.3 is 0 Å². The van der Waals surface area contributed by atoms with E-state index >= 15 is 0 Å². The van der Waals surface area contributed by atoms with E-state index in [-0.39, 0.29) is 0 Å². The van der Waals surface area contributed by atoms with Crippen LogP contribution >= 0.6 is 15.9 Å². The standard InChI is InChI=1S/C13H15BrN2/c1-8-3-4-10-5-11-7-15-6-9(2)16(11)13(10)12(8)14/h3-5,9,15H,6-7H2,1-2H3. The smallest absolute Gasteiger partial charge is 0.0633 e. The SMILES string of the molecule is Cc1ccc2cc3n(c2c1Br)C(C)CNC3. The lowest BCUT2D eigenvalue weighted by atomic mass is 10.2. The van der Waals surface area contributed by atoms with E-state index in [1.54, 1.807) is 0 Å². The predicted octanol–water partition coefficient (Wildman–Crippen LogP) is 3.38. The molecule has 1 unspecified atom stereocenters. The zero-order chi connectivity index (χ0) is 11.3. The number of nitrogens with one attached hydrogen (secondary N) is 1. The van der Waals surface area contributed by atoms with Crippen molar-refractivity contribution in [1.82, 2.24) is 9.88 Å².